The average Bonchev–Trinajstić information content (AvgIpc) is 2.59. The van der Waals surface area contributed by atoms with Gasteiger partial charge in [-0.2, -0.15) is 0 Å². The van der Waals surface area contributed by atoms with Gasteiger partial charge in [0.25, 0.3) is 5.91 Å². The van der Waals surface area contributed by atoms with Crippen LogP contribution in [0.15, 0.2) is 36.8 Å². The molecule has 0 aliphatic carbocycles. The van der Waals surface area contributed by atoms with Gasteiger partial charge in [0, 0.05) is 37.1 Å². The number of nitrogens with one attached hydrogen (secondary N) is 1. The largest absolute Gasteiger partial charge is 0.347 e. The zero-order chi connectivity index (χ0) is 16.9. The first-order valence-corrected chi connectivity index (χ1v) is 7.85. The number of nitrogens with zero attached hydrogens (tertiary/aromatic N) is 3. The van der Waals surface area contributed by atoms with Gasteiger partial charge in [-0.1, -0.05) is 6.07 Å². The Bertz CT molecular complexity index is 691. The maximum Gasteiger partial charge on any atom is 0.271 e. The number of amides is 1. The standard InChI is InChI=1S/C17H18F2N4O/c18-14-4-1-5-15(19)13(14)11-23-8-2-3-12(10-23)22-17(24)16-9-20-6-7-21-16/h1,4-7,9,12H,2-3,8,10-11H2,(H,22,24)/t12-/m1/s1. The highest BCUT2D eigenvalue weighted by Crippen LogP contribution is 2.18. The van der Waals surface area contributed by atoms with E-state index < -0.39 is 11.6 Å². The topological polar surface area (TPSA) is 58.1 Å². The first kappa shape index (κ1) is 16.4. The molecular weight excluding hydrogens is 314 g/mol. The summed E-state index contributed by atoms with van der Waals surface area (Å²) in [5, 5.41) is 2.91. The highest BCUT2D eigenvalue weighted by molar-refractivity contribution is 5.92. The minimum absolute atomic E-state index is 0.0680. The molecule has 1 aromatic carbocycles. The van der Waals surface area contributed by atoms with Crippen LogP contribution in [0.25, 0.3) is 0 Å². The number of carbonyl (C=O) groups is 1. The Hall–Kier alpha value is -2.41. The lowest BCUT2D eigenvalue weighted by Gasteiger charge is -2.33. The van der Waals surface area contributed by atoms with Crippen molar-refractivity contribution in [3.8, 4) is 0 Å². The lowest BCUT2D eigenvalue weighted by Crippen LogP contribution is -2.47. The molecule has 1 N–H and O–H groups in total. The number of carbonyl (C=O) groups excluding carboxylic acids is 1. The second kappa shape index (κ2) is 7.44. The predicted molar refractivity (Wildman–Crippen MR) is 84.2 cm³/mol. The van der Waals surface area contributed by atoms with Gasteiger partial charge in [-0.05, 0) is 31.5 Å². The maximum atomic E-state index is 13.8. The van der Waals surface area contributed by atoms with E-state index in [0.29, 0.717) is 6.54 Å². The number of benzene rings is 1. The van der Waals surface area contributed by atoms with Gasteiger partial charge in [-0.3, -0.25) is 14.7 Å². The van der Waals surface area contributed by atoms with E-state index >= 15 is 0 Å². The van der Waals surface area contributed by atoms with E-state index in [1.165, 1.54) is 36.8 Å². The minimum atomic E-state index is -0.541. The molecule has 1 aliphatic rings. The number of hydrogen-bond acceptors (Lipinski definition) is 4. The molecule has 1 aliphatic heterocycles. The predicted octanol–water partition coefficient (Wildman–Crippen LogP) is 2.15. The summed E-state index contributed by atoms with van der Waals surface area (Å²) in [5.41, 5.74) is 0.327. The summed E-state index contributed by atoms with van der Waals surface area (Å²) in [6.07, 6.45) is 6.04. The van der Waals surface area contributed by atoms with Gasteiger partial charge in [-0.25, -0.2) is 13.8 Å². The van der Waals surface area contributed by atoms with Crippen LogP contribution in [0.2, 0.25) is 0 Å². The zero-order valence-electron chi connectivity index (χ0n) is 13.1. The van der Waals surface area contributed by atoms with Crippen molar-refractivity contribution < 1.29 is 13.6 Å². The molecule has 1 atom stereocenters. The Kier molecular flexibility index (Phi) is 5.10. The van der Waals surface area contributed by atoms with Crippen LogP contribution >= 0.6 is 0 Å². The van der Waals surface area contributed by atoms with E-state index in [0.717, 1.165) is 19.4 Å². The van der Waals surface area contributed by atoms with Gasteiger partial charge in [0.2, 0.25) is 0 Å². The molecule has 0 spiro atoms. The van der Waals surface area contributed by atoms with Gasteiger partial charge >= 0.3 is 0 Å². The molecule has 1 fully saturated rings. The lowest BCUT2D eigenvalue weighted by atomic mass is 10.0. The second-order valence-corrected chi connectivity index (χ2v) is 5.84. The maximum absolute atomic E-state index is 13.8. The normalized spacial score (nSPS) is 18.3. The molecule has 3 rings (SSSR count). The van der Waals surface area contributed by atoms with Crippen molar-refractivity contribution in [2.75, 3.05) is 13.1 Å². The molecule has 24 heavy (non-hydrogen) atoms. The highest BCUT2D eigenvalue weighted by atomic mass is 19.1. The first-order chi connectivity index (χ1) is 11.6. The molecule has 0 unspecified atom stereocenters. The smallest absolute Gasteiger partial charge is 0.271 e. The summed E-state index contributed by atoms with van der Waals surface area (Å²) in [6.45, 7) is 1.47. The Morgan fingerprint density at radius 1 is 1.29 bits per heavy atom. The fourth-order valence-electron chi connectivity index (χ4n) is 2.90. The quantitative estimate of drug-likeness (QED) is 0.932. The molecule has 5 nitrogen and oxygen atoms in total. The van der Waals surface area contributed by atoms with E-state index in [2.05, 4.69) is 15.3 Å². The third-order valence-electron chi connectivity index (χ3n) is 4.08. The van der Waals surface area contributed by atoms with Crippen molar-refractivity contribution in [1.29, 1.82) is 0 Å². The summed E-state index contributed by atoms with van der Waals surface area (Å²) in [7, 11) is 0. The van der Waals surface area contributed by atoms with Crippen LogP contribution in [0, 0.1) is 11.6 Å². The Morgan fingerprint density at radius 2 is 2.08 bits per heavy atom. The van der Waals surface area contributed by atoms with E-state index in [-0.39, 0.29) is 29.8 Å². The zero-order valence-corrected chi connectivity index (χ0v) is 13.1. The third kappa shape index (κ3) is 3.91. The second-order valence-electron chi connectivity index (χ2n) is 5.84. The molecule has 0 saturated carbocycles. The van der Waals surface area contributed by atoms with Crippen molar-refractivity contribution in [3.63, 3.8) is 0 Å². The number of halogens is 2. The first-order valence-electron chi connectivity index (χ1n) is 7.85. The fourth-order valence-corrected chi connectivity index (χ4v) is 2.90. The molecule has 0 bridgehead atoms. The van der Waals surface area contributed by atoms with Crippen molar-refractivity contribution in [1.82, 2.24) is 20.2 Å². The Labute approximate surface area is 138 Å². The van der Waals surface area contributed by atoms with E-state index in [1.807, 2.05) is 4.90 Å². The molecule has 1 saturated heterocycles. The lowest BCUT2D eigenvalue weighted by molar-refractivity contribution is 0.0894. The Balaban J connectivity index is 1.61. The average molecular weight is 332 g/mol. The molecule has 126 valence electrons. The number of aromatic nitrogens is 2. The molecule has 7 heteroatoms. The monoisotopic (exact) mass is 332 g/mol. The number of rotatable bonds is 4. The molecular formula is C17H18F2N4O. The summed E-state index contributed by atoms with van der Waals surface area (Å²) in [4.78, 5) is 21.9. The highest BCUT2D eigenvalue weighted by Gasteiger charge is 2.23. The molecule has 1 aromatic heterocycles. The molecule has 2 aromatic rings. The van der Waals surface area contributed by atoms with Gasteiger partial charge in [0.15, 0.2) is 0 Å². The Morgan fingerprint density at radius 3 is 2.79 bits per heavy atom. The third-order valence-corrected chi connectivity index (χ3v) is 4.08. The minimum Gasteiger partial charge on any atom is -0.347 e. The molecule has 2 heterocycles. The number of piperidine rings is 1. The summed E-state index contributed by atoms with van der Waals surface area (Å²) < 4.78 is 27.6. The van der Waals surface area contributed by atoms with Crippen molar-refractivity contribution >= 4 is 5.91 Å². The summed E-state index contributed by atoms with van der Waals surface area (Å²) >= 11 is 0. The van der Waals surface area contributed by atoms with Gasteiger partial charge in [0.05, 0.1) is 6.20 Å². The van der Waals surface area contributed by atoms with E-state index in [1.54, 1.807) is 0 Å². The number of likely N-dealkylation sites (tertiary alicyclic amines) is 1. The van der Waals surface area contributed by atoms with Crippen LogP contribution in [-0.4, -0.2) is 39.9 Å². The van der Waals surface area contributed by atoms with Crippen LogP contribution in [0.1, 0.15) is 28.9 Å². The van der Waals surface area contributed by atoms with Crippen LogP contribution in [0.3, 0.4) is 0 Å². The van der Waals surface area contributed by atoms with Gasteiger partial charge < -0.3 is 5.32 Å². The van der Waals surface area contributed by atoms with E-state index in [9.17, 15) is 13.6 Å². The molecule has 0 radical (unpaired) electrons. The summed E-state index contributed by atoms with van der Waals surface area (Å²) in [5.74, 6) is -1.37. The van der Waals surface area contributed by atoms with Crippen molar-refractivity contribution in [3.05, 3.63) is 59.7 Å². The van der Waals surface area contributed by atoms with Gasteiger partial charge in [0.1, 0.15) is 17.3 Å². The van der Waals surface area contributed by atoms with Gasteiger partial charge in [-0.15, -0.1) is 0 Å². The van der Waals surface area contributed by atoms with Crippen LogP contribution in [-0.2, 0) is 6.54 Å². The van der Waals surface area contributed by atoms with Crippen LogP contribution in [0.5, 0.6) is 0 Å². The summed E-state index contributed by atoms with van der Waals surface area (Å²) in [6, 6.07) is 3.79. The fraction of sp³-hybridized carbons (Fsp3) is 0.353. The van der Waals surface area contributed by atoms with Crippen molar-refractivity contribution in [2.24, 2.45) is 0 Å². The van der Waals surface area contributed by atoms with Crippen LogP contribution in [0.4, 0.5) is 8.78 Å². The SMILES string of the molecule is O=C(N[C@@H]1CCCN(Cc2c(F)cccc2F)C1)c1cnccn1. The van der Waals surface area contributed by atoms with E-state index in [4.69, 9.17) is 0 Å². The van der Waals surface area contributed by atoms with Crippen LogP contribution < -0.4 is 5.32 Å². The molecule has 1 amide bonds. The number of hydrogen-bond donors (Lipinski definition) is 1. The van der Waals surface area contributed by atoms with Crippen molar-refractivity contribution in [2.45, 2.75) is 25.4 Å².